The number of likely N-dealkylation sites (N-methyl/N-ethyl adjacent to an activating group) is 1. The average molecular weight is 267 g/mol. The summed E-state index contributed by atoms with van der Waals surface area (Å²) in [6.45, 7) is 4.00. The summed E-state index contributed by atoms with van der Waals surface area (Å²) in [4.78, 5) is 6.84. The highest BCUT2D eigenvalue weighted by atomic mass is 32.1. The number of thiazole rings is 1. The molecule has 3 nitrogen and oxygen atoms in total. The van der Waals surface area contributed by atoms with Crippen molar-refractivity contribution in [1.29, 1.82) is 0 Å². The first-order chi connectivity index (χ1) is 8.70. The lowest BCUT2D eigenvalue weighted by atomic mass is 9.74. The molecule has 2 rings (SSSR count). The second-order valence-electron chi connectivity index (χ2n) is 5.63. The number of nitrogens with zero attached hydrogens (tertiary/aromatic N) is 2. The molecule has 102 valence electrons. The molecule has 2 unspecified atom stereocenters. The lowest BCUT2D eigenvalue weighted by Crippen LogP contribution is -2.54. The standard InChI is InChI=1S/C14H25N3S/c1-3-12-5-4-6-14(7-12,10-15)17(2)8-13-9-18-11-16-13/h9,11-12H,3-8,10,15H2,1-2H3. The maximum Gasteiger partial charge on any atom is 0.0795 e. The van der Waals surface area contributed by atoms with Crippen molar-refractivity contribution in [3.63, 3.8) is 0 Å². The zero-order valence-electron chi connectivity index (χ0n) is 11.6. The first-order valence-corrected chi connectivity index (χ1v) is 7.93. The molecule has 1 heterocycles. The molecule has 1 saturated carbocycles. The highest BCUT2D eigenvalue weighted by Crippen LogP contribution is 2.37. The predicted molar refractivity (Wildman–Crippen MR) is 77.6 cm³/mol. The Hall–Kier alpha value is -0.450. The van der Waals surface area contributed by atoms with Gasteiger partial charge in [-0.2, -0.15) is 0 Å². The molecule has 0 amide bonds. The van der Waals surface area contributed by atoms with Crippen LogP contribution in [-0.4, -0.2) is 29.0 Å². The van der Waals surface area contributed by atoms with E-state index in [0.717, 1.165) is 19.0 Å². The second-order valence-corrected chi connectivity index (χ2v) is 6.35. The second kappa shape index (κ2) is 6.13. The van der Waals surface area contributed by atoms with Crippen molar-refractivity contribution in [1.82, 2.24) is 9.88 Å². The van der Waals surface area contributed by atoms with Crippen LogP contribution in [0.15, 0.2) is 10.9 Å². The first-order valence-electron chi connectivity index (χ1n) is 6.98. The Morgan fingerprint density at radius 1 is 1.61 bits per heavy atom. The fourth-order valence-electron chi connectivity index (χ4n) is 3.22. The molecule has 0 spiro atoms. The van der Waals surface area contributed by atoms with Gasteiger partial charge in [0.25, 0.3) is 0 Å². The molecule has 1 aromatic rings. The summed E-state index contributed by atoms with van der Waals surface area (Å²) in [7, 11) is 2.21. The Labute approximate surface area is 114 Å². The summed E-state index contributed by atoms with van der Waals surface area (Å²) >= 11 is 1.67. The van der Waals surface area contributed by atoms with Gasteiger partial charge in [0.05, 0.1) is 11.2 Å². The first kappa shape index (κ1) is 14.0. The van der Waals surface area contributed by atoms with Gasteiger partial charge in [0.2, 0.25) is 0 Å². The third-order valence-corrected chi connectivity index (χ3v) is 5.21. The van der Waals surface area contributed by atoms with E-state index in [2.05, 4.69) is 29.2 Å². The molecule has 4 heteroatoms. The fraction of sp³-hybridized carbons (Fsp3) is 0.786. The SMILES string of the molecule is CCC1CCCC(CN)(N(C)Cc2cscn2)C1. The van der Waals surface area contributed by atoms with E-state index in [1.165, 1.54) is 37.8 Å². The van der Waals surface area contributed by atoms with Crippen LogP contribution in [-0.2, 0) is 6.54 Å². The topological polar surface area (TPSA) is 42.1 Å². The van der Waals surface area contributed by atoms with E-state index in [0.29, 0.717) is 0 Å². The number of rotatable bonds is 5. The van der Waals surface area contributed by atoms with Crippen LogP contribution < -0.4 is 5.73 Å². The molecule has 18 heavy (non-hydrogen) atoms. The van der Waals surface area contributed by atoms with E-state index in [4.69, 9.17) is 5.73 Å². The van der Waals surface area contributed by atoms with E-state index in [9.17, 15) is 0 Å². The van der Waals surface area contributed by atoms with E-state index in [1.807, 2.05) is 5.51 Å². The molecule has 0 aliphatic heterocycles. The van der Waals surface area contributed by atoms with Crippen LogP contribution in [0.25, 0.3) is 0 Å². The summed E-state index contributed by atoms with van der Waals surface area (Å²) in [6.07, 6.45) is 6.47. The monoisotopic (exact) mass is 267 g/mol. The van der Waals surface area contributed by atoms with Crippen molar-refractivity contribution in [3.8, 4) is 0 Å². The molecule has 2 atom stereocenters. The van der Waals surface area contributed by atoms with E-state index < -0.39 is 0 Å². The minimum absolute atomic E-state index is 0.197. The zero-order chi connectivity index (χ0) is 13.0. The molecule has 0 radical (unpaired) electrons. The minimum atomic E-state index is 0.197. The Kier molecular flexibility index (Phi) is 4.76. The van der Waals surface area contributed by atoms with Crippen molar-refractivity contribution >= 4 is 11.3 Å². The van der Waals surface area contributed by atoms with Gasteiger partial charge in [0.1, 0.15) is 0 Å². The largest absolute Gasteiger partial charge is 0.329 e. The molecule has 1 aliphatic carbocycles. The van der Waals surface area contributed by atoms with Crippen molar-refractivity contribution in [2.45, 2.75) is 51.1 Å². The lowest BCUT2D eigenvalue weighted by Gasteiger charge is -2.46. The molecule has 1 aliphatic rings. The molecule has 0 bridgehead atoms. The molecule has 2 N–H and O–H groups in total. The van der Waals surface area contributed by atoms with Crippen LogP contribution in [0.5, 0.6) is 0 Å². The van der Waals surface area contributed by atoms with Crippen LogP contribution >= 0.6 is 11.3 Å². The molecule has 1 aromatic heterocycles. The average Bonchev–Trinajstić information content (AvgIpc) is 2.91. The smallest absolute Gasteiger partial charge is 0.0795 e. The molecule has 1 fully saturated rings. The highest BCUT2D eigenvalue weighted by Gasteiger charge is 2.38. The van der Waals surface area contributed by atoms with Gasteiger partial charge in [0, 0.05) is 24.0 Å². The number of nitrogens with two attached hydrogens (primary N) is 1. The van der Waals surface area contributed by atoms with Gasteiger partial charge in [-0.05, 0) is 25.8 Å². The third-order valence-electron chi connectivity index (χ3n) is 4.57. The molecule has 0 aromatic carbocycles. The molecular weight excluding hydrogens is 242 g/mol. The Bertz CT molecular complexity index is 352. The van der Waals surface area contributed by atoms with Gasteiger partial charge < -0.3 is 5.73 Å². The summed E-state index contributed by atoms with van der Waals surface area (Å²) in [5.74, 6) is 0.847. The minimum Gasteiger partial charge on any atom is -0.329 e. The van der Waals surface area contributed by atoms with Crippen LogP contribution in [0.1, 0.15) is 44.7 Å². The van der Waals surface area contributed by atoms with E-state index in [-0.39, 0.29) is 5.54 Å². The Morgan fingerprint density at radius 3 is 3.06 bits per heavy atom. The van der Waals surface area contributed by atoms with Crippen LogP contribution in [0.3, 0.4) is 0 Å². The van der Waals surface area contributed by atoms with Gasteiger partial charge in [-0.15, -0.1) is 11.3 Å². The predicted octanol–water partition coefficient (Wildman–Crippen LogP) is 2.87. The maximum absolute atomic E-state index is 6.13. The molecule has 0 saturated heterocycles. The number of aromatic nitrogens is 1. The Balaban J connectivity index is 2.05. The van der Waals surface area contributed by atoms with Crippen molar-refractivity contribution in [3.05, 3.63) is 16.6 Å². The fourth-order valence-corrected chi connectivity index (χ4v) is 3.77. The zero-order valence-corrected chi connectivity index (χ0v) is 12.4. The van der Waals surface area contributed by atoms with Crippen LogP contribution in [0.4, 0.5) is 0 Å². The van der Waals surface area contributed by atoms with E-state index in [1.54, 1.807) is 11.3 Å². The number of hydrogen-bond donors (Lipinski definition) is 1. The summed E-state index contributed by atoms with van der Waals surface area (Å²) < 4.78 is 0. The van der Waals surface area contributed by atoms with Crippen molar-refractivity contribution < 1.29 is 0 Å². The van der Waals surface area contributed by atoms with E-state index >= 15 is 0 Å². The maximum atomic E-state index is 6.13. The van der Waals surface area contributed by atoms with Gasteiger partial charge in [0.15, 0.2) is 0 Å². The third kappa shape index (κ3) is 2.92. The quantitative estimate of drug-likeness (QED) is 0.892. The van der Waals surface area contributed by atoms with Crippen LogP contribution in [0, 0.1) is 5.92 Å². The highest BCUT2D eigenvalue weighted by molar-refractivity contribution is 7.07. The van der Waals surface area contributed by atoms with Crippen LogP contribution in [0.2, 0.25) is 0 Å². The van der Waals surface area contributed by atoms with Crippen molar-refractivity contribution in [2.24, 2.45) is 11.7 Å². The van der Waals surface area contributed by atoms with Gasteiger partial charge in [-0.25, -0.2) is 4.98 Å². The summed E-state index contributed by atoms with van der Waals surface area (Å²) in [5, 5.41) is 2.14. The van der Waals surface area contributed by atoms with Gasteiger partial charge >= 0.3 is 0 Å². The lowest BCUT2D eigenvalue weighted by molar-refractivity contribution is 0.0496. The van der Waals surface area contributed by atoms with Gasteiger partial charge in [-0.3, -0.25) is 4.90 Å². The summed E-state index contributed by atoms with van der Waals surface area (Å²) in [6, 6.07) is 0. The molecular formula is C14H25N3S. The van der Waals surface area contributed by atoms with Crippen molar-refractivity contribution in [2.75, 3.05) is 13.6 Å². The normalized spacial score (nSPS) is 28.8. The summed E-state index contributed by atoms with van der Waals surface area (Å²) in [5.41, 5.74) is 9.41. The van der Waals surface area contributed by atoms with Gasteiger partial charge in [-0.1, -0.05) is 26.2 Å². The Morgan fingerprint density at radius 2 is 2.44 bits per heavy atom. The number of hydrogen-bond acceptors (Lipinski definition) is 4.